The van der Waals surface area contributed by atoms with Crippen LogP contribution in [-0.2, 0) is 0 Å². The highest BCUT2D eigenvalue weighted by atomic mass is 16.5. The van der Waals surface area contributed by atoms with Crippen LogP contribution in [0.2, 0.25) is 0 Å². The zero-order chi connectivity index (χ0) is 21.9. The highest BCUT2D eigenvalue weighted by molar-refractivity contribution is 5.89. The molecule has 0 saturated heterocycles. The molecule has 0 bridgehead atoms. The molecule has 0 aliphatic carbocycles. The van der Waals surface area contributed by atoms with E-state index in [4.69, 9.17) is 18.6 Å². The van der Waals surface area contributed by atoms with Gasteiger partial charge >= 0.3 is 5.63 Å². The van der Waals surface area contributed by atoms with Crippen LogP contribution >= 0.6 is 0 Å². The molecule has 1 heterocycles. The summed E-state index contributed by atoms with van der Waals surface area (Å²) < 4.78 is 23.2. The van der Waals surface area contributed by atoms with Crippen molar-refractivity contribution in [2.45, 2.75) is 98.2 Å². The number of hydrogen-bond acceptors (Lipinski definition) is 5. The predicted octanol–water partition coefficient (Wildman–Crippen LogP) is 6.89. The average molecular weight is 419 g/mol. The molecular weight excluding hydrogens is 380 g/mol. The number of rotatable bonds is 14. The standard InChI is InChI=1S/C25H38O5/c1-6-7-8-9-10-11-12-13-17-27-21-16-14-15-20-22(21)30-25(26)24(29-19(4)5)23(20)28-18(2)3/h14-16,18-19H,6-13,17H2,1-5H3. The van der Waals surface area contributed by atoms with Gasteiger partial charge in [0.15, 0.2) is 17.1 Å². The molecule has 0 N–H and O–H groups in total. The Morgan fingerprint density at radius 3 is 2.07 bits per heavy atom. The minimum Gasteiger partial charge on any atom is -0.490 e. The van der Waals surface area contributed by atoms with Gasteiger partial charge in [0.05, 0.1) is 24.2 Å². The van der Waals surface area contributed by atoms with E-state index in [1.807, 2.05) is 45.9 Å². The monoisotopic (exact) mass is 418 g/mol. The van der Waals surface area contributed by atoms with E-state index in [0.717, 1.165) is 12.8 Å². The lowest BCUT2D eigenvalue weighted by Gasteiger charge is -2.18. The molecule has 30 heavy (non-hydrogen) atoms. The van der Waals surface area contributed by atoms with Gasteiger partial charge < -0.3 is 18.6 Å². The number of ether oxygens (including phenoxy) is 3. The van der Waals surface area contributed by atoms with E-state index >= 15 is 0 Å². The summed E-state index contributed by atoms with van der Waals surface area (Å²) in [6, 6.07) is 5.59. The summed E-state index contributed by atoms with van der Waals surface area (Å²) in [5.41, 5.74) is -0.135. The SMILES string of the molecule is CCCCCCCCCCOc1cccc2c(OC(C)C)c(OC(C)C)c(=O)oc12. The quantitative estimate of drug-likeness (QED) is 0.247. The van der Waals surface area contributed by atoms with Crippen molar-refractivity contribution in [1.82, 2.24) is 0 Å². The van der Waals surface area contributed by atoms with Gasteiger partial charge in [0.1, 0.15) is 0 Å². The second-order valence-corrected chi connectivity index (χ2v) is 8.34. The summed E-state index contributed by atoms with van der Waals surface area (Å²) in [4.78, 5) is 12.6. The number of fused-ring (bicyclic) bond motifs is 1. The topological polar surface area (TPSA) is 57.9 Å². The van der Waals surface area contributed by atoms with Crippen LogP contribution < -0.4 is 19.8 Å². The zero-order valence-corrected chi connectivity index (χ0v) is 19.3. The van der Waals surface area contributed by atoms with Crippen molar-refractivity contribution in [2.75, 3.05) is 6.61 Å². The van der Waals surface area contributed by atoms with Crippen LogP contribution in [0.25, 0.3) is 11.0 Å². The molecule has 0 atom stereocenters. The van der Waals surface area contributed by atoms with Crippen LogP contribution in [0.1, 0.15) is 86.0 Å². The van der Waals surface area contributed by atoms with Gasteiger partial charge in [0.2, 0.25) is 5.75 Å². The first-order valence-corrected chi connectivity index (χ1v) is 11.5. The molecule has 5 heteroatoms. The zero-order valence-electron chi connectivity index (χ0n) is 19.3. The largest absolute Gasteiger partial charge is 0.490 e. The maximum atomic E-state index is 12.6. The van der Waals surface area contributed by atoms with E-state index in [9.17, 15) is 4.79 Å². The minimum atomic E-state index is -0.546. The highest BCUT2D eigenvalue weighted by Gasteiger charge is 2.21. The Hall–Kier alpha value is -2.17. The molecule has 0 aliphatic rings. The normalized spacial score (nSPS) is 11.4. The van der Waals surface area contributed by atoms with E-state index in [-0.39, 0.29) is 18.0 Å². The number of unbranched alkanes of at least 4 members (excludes halogenated alkanes) is 7. The molecule has 0 spiro atoms. The smallest absolute Gasteiger partial charge is 0.383 e. The molecule has 0 saturated carbocycles. The first-order chi connectivity index (χ1) is 14.4. The van der Waals surface area contributed by atoms with Crippen molar-refractivity contribution in [3.8, 4) is 17.2 Å². The van der Waals surface area contributed by atoms with Crippen LogP contribution in [0.4, 0.5) is 0 Å². The fourth-order valence-electron chi connectivity index (χ4n) is 3.38. The lowest BCUT2D eigenvalue weighted by Crippen LogP contribution is -2.17. The van der Waals surface area contributed by atoms with E-state index in [1.54, 1.807) is 0 Å². The molecule has 0 amide bonds. The van der Waals surface area contributed by atoms with Crippen molar-refractivity contribution < 1.29 is 18.6 Å². The summed E-state index contributed by atoms with van der Waals surface area (Å²) >= 11 is 0. The van der Waals surface area contributed by atoms with Crippen molar-refractivity contribution in [3.05, 3.63) is 28.6 Å². The average Bonchev–Trinajstić information content (AvgIpc) is 2.69. The third-order valence-electron chi connectivity index (χ3n) is 4.77. The Morgan fingerprint density at radius 2 is 1.43 bits per heavy atom. The van der Waals surface area contributed by atoms with Crippen molar-refractivity contribution in [3.63, 3.8) is 0 Å². The van der Waals surface area contributed by atoms with Crippen molar-refractivity contribution in [2.24, 2.45) is 0 Å². The Bertz CT molecular complexity index is 822. The van der Waals surface area contributed by atoms with E-state index in [2.05, 4.69) is 6.92 Å². The summed E-state index contributed by atoms with van der Waals surface area (Å²) in [7, 11) is 0. The Kier molecular flexibility index (Phi) is 10.0. The van der Waals surface area contributed by atoms with E-state index in [1.165, 1.54) is 38.5 Å². The molecule has 1 aromatic carbocycles. The maximum Gasteiger partial charge on any atom is 0.383 e. The van der Waals surface area contributed by atoms with Crippen LogP contribution in [0.15, 0.2) is 27.4 Å². The third kappa shape index (κ3) is 7.26. The van der Waals surface area contributed by atoms with E-state index in [0.29, 0.717) is 29.1 Å². The number of benzene rings is 1. The van der Waals surface area contributed by atoms with Gasteiger partial charge in [-0.25, -0.2) is 4.79 Å². The van der Waals surface area contributed by atoms with Crippen molar-refractivity contribution >= 4 is 11.0 Å². The molecule has 0 radical (unpaired) electrons. The highest BCUT2D eigenvalue weighted by Crippen LogP contribution is 2.37. The Morgan fingerprint density at radius 1 is 0.833 bits per heavy atom. The Labute approximate surface area is 180 Å². The molecule has 0 unspecified atom stereocenters. The van der Waals surface area contributed by atoms with Crippen molar-refractivity contribution in [1.29, 1.82) is 0 Å². The first-order valence-electron chi connectivity index (χ1n) is 11.5. The summed E-state index contributed by atoms with van der Waals surface area (Å²) in [5.74, 6) is 1.10. The van der Waals surface area contributed by atoms with Crippen LogP contribution in [-0.4, -0.2) is 18.8 Å². The number of hydrogen-bond donors (Lipinski definition) is 0. The predicted molar refractivity (Wildman–Crippen MR) is 122 cm³/mol. The molecule has 1 aromatic heterocycles. The van der Waals surface area contributed by atoms with Gasteiger partial charge in [0.25, 0.3) is 0 Å². The fraction of sp³-hybridized carbons (Fsp3) is 0.640. The van der Waals surface area contributed by atoms with Gasteiger partial charge in [-0.3, -0.25) is 0 Å². The molecule has 0 aliphatic heterocycles. The summed E-state index contributed by atoms with van der Waals surface area (Å²) in [6.07, 6.45) is 9.66. The molecule has 168 valence electrons. The second-order valence-electron chi connectivity index (χ2n) is 8.34. The molecular formula is C25H38O5. The summed E-state index contributed by atoms with van der Waals surface area (Å²) in [5, 5.41) is 0.687. The maximum absolute atomic E-state index is 12.6. The molecule has 2 rings (SSSR count). The van der Waals surface area contributed by atoms with Gasteiger partial charge in [-0.05, 0) is 46.2 Å². The van der Waals surface area contributed by atoms with Crippen LogP contribution in [0.5, 0.6) is 17.2 Å². The number of para-hydroxylation sites is 1. The van der Waals surface area contributed by atoms with Gasteiger partial charge in [-0.1, -0.05) is 57.9 Å². The second kappa shape index (κ2) is 12.5. The van der Waals surface area contributed by atoms with Crippen LogP contribution in [0, 0.1) is 0 Å². The minimum absolute atomic E-state index is 0.105. The molecule has 0 fully saturated rings. The van der Waals surface area contributed by atoms with Gasteiger partial charge in [-0.2, -0.15) is 0 Å². The fourth-order valence-corrected chi connectivity index (χ4v) is 3.38. The lowest BCUT2D eigenvalue weighted by atomic mass is 10.1. The molecule has 2 aromatic rings. The van der Waals surface area contributed by atoms with Crippen LogP contribution in [0.3, 0.4) is 0 Å². The van der Waals surface area contributed by atoms with Gasteiger partial charge in [-0.15, -0.1) is 0 Å². The Balaban J connectivity index is 2.09. The van der Waals surface area contributed by atoms with E-state index < -0.39 is 5.63 Å². The summed E-state index contributed by atoms with van der Waals surface area (Å²) in [6.45, 7) is 10.4. The third-order valence-corrected chi connectivity index (χ3v) is 4.77. The molecule has 5 nitrogen and oxygen atoms in total. The van der Waals surface area contributed by atoms with Gasteiger partial charge in [0, 0.05) is 0 Å². The first kappa shape index (κ1) is 24.1. The lowest BCUT2D eigenvalue weighted by molar-refractivity contribution is 0.192.